The van der Waals surface area contributed by atoms with Crippen molar-refractivity contribution in [3.05, 3.63) is 63.9 Å². The molecule has 0 bridgehead atoms. The summed E-state index contributed by atoms with van der Waals surface area (Å²) in [6.45, 7) is 0.416. The van der Waals surface area contributed by atoms with Gasteiger partial charge in [-0.15, -0.1) is 0 Å². The average molecular weight is 368 g/mol. The summed E-state index contributed by atoms with van der Waals surface area (Å²) in [5.41, 5.74) is -0.357. The minimum atomic E-state index is -0.945. The Labute approximate surface area is 157 Å². The topological polar surface area (TPSA) is 93.6 Å². The molecule has 2 aliphatic rings. The van der Waals surface area contributed by atoms with E-state index in [0.29, 0.717) is 13.0 Å². The minimum Gasteiger partial charge on any atom is -0.494 e. The number of aromatic hydroxyl groups is 1. The number of nitrogens with zero attached hydrogens (tertiary/aromatic N) is 1. The van der Waals surface area contributed by atoms with Crippen LogP contribution in [0.15, 0.2) is 47.3 Å². The van der Waals surface area contributed by atoms with Gasteiger partial charge in [0.15, 0.2) is 5.88 Å². The molecule has 2 aromatic rings. The van der Waals surface area contributed by atoms with Gasteiger partial charge in [0.25, 0.3) is 11.5 Å². The van der Waals surface area contributed by atoms with Crippen LogP contribution in [-0.2, 0) is 5.60 Å². The molecular weight excluding hydrogens is 344 g/mol. The number of H-pyrrole nitrogens is 1. The predicted octanol–water partition coefficient (Wildman–Crippen LogP) is 2.37. The molecule has 1 aromatic heterocycles. The van der Waals surface area contributed by atoms with Crippen LogP contribution in [-0.4, -0.2) is 38.6 Å². The van der Waals surface area contributed by atoms with Crippen molar-refractivity contribution in [1.82, 2.24) is 9.88 Å². The number of carbonyl (C=O) groups is 1. The Morgan fingerprint density at radius 3 is 2.63 bits per heavy atom. The summed E-state index contributed by atoms with van der Waals surface area (Å²) < 4.78 is 0. The fraction of sp³-hybridized carbons (Fsp3) is 0.429. The first-order valence-electron chi connectivity index (χ1n) is 9.51. The van der Waals surface area contributed by atoms with Crippen molar-refractivity contribution < 1.29 is 15.0 Å². The van der Waals surface area contributed by atoms with Gasteiger partial charge in [-0.05, 0) is 24.8 Å². The highest BCUT2D eigenvalue weighted by Crippen LogP contribution is 2.47. The van der Waals surface area contributed by atoms with Gasteiger partial charge >= 0.3 is 0 Å². The summed E-state index contributed by atoms with van der Waals surface area (Å²) in [5.74, 6) is -0.616. The van der Waals surface area contributed by atoms with Gasteiger partial charge in [0.05, 0.1) is 11.2 Å². The molecule has 1 saturated heterocycles. The number of rotatable bonds is 2. The SMILES string of the molecule is O=C(c1cc(O)[nH]c(=O)c1)N1CCC(O)(c2ccccc2)C2CCCCC21. The van der Waals surface area contributed by atoms with Crippen LogP contribution in [0.5, 0.6) is 5.88 Å². The van der Waals surface area contributed by atoms with Crippen LogP contribution in [0, 0.1) is 5.92 Å². The van der Waals surface area contributed by atoms with Gasteiger partial charge in [0.2, 0.25) is 0 Å². The Balaban J connectivity index is 1.67. The van der Waals surface area contributed by atoms with E-state index >= 15 is 0 Å². The molecule has 3 atom stereocenters. The molecule has 1 amide bonds. The van der Waals surface area contributed by atoms with E-state index in [2.05, 4.69) is 4.98 Å². The summed E-state index contributed by atoms with van der Waals surface area (Å²) in [6, 6.07) is 12.1. The van der Waals surface area contributed by atoms with Crippen molar-refractivity contribution in [1.29, 1.82) is 0 Å². The molecule has 1 aliphatic heterocycles. The molecule has 6 heteroatoms. The highest BCUT2D eigenvalue weighted by molar-refractivity contribution is 5.94. The van der Waals surface area contributed by atoms with Crippen LogP contribution in [0.2, 0.25) is 0 Å². The molecule has 3 unspecified atom stereocenters. The molecule has 1 aliphatic carbocycles. The number of piperidine rings is 1. The number of aromatic amines is 1. The largest absolute Gasteiger partial charge is 0.494 e. The summed E-state index contributed by atoms with van der Waals surface area (Å²) in [7, 11) is 0. The number of pyridine rings is 1. The maximum absolute atomic E-state index is 13.1. The molecular formula is C21H24N2O4. The Bertz CT molecular complexity index is 895. The second-order valence-corrected chi connectivity index (χ2v) is 7.62. The smallest absolute Gasteiger partial charge is 0.254 e. The second-order valence-electron chi connectivity index (χ2n) is 7.62. The van der Waals surface area contributed by atoms with E-state index in [1.807, 2.05) is 30.3 Å². The third kappa shape index (κ3) is 3.14. The molecule has 1 saturated carbocycles. The second kappa shape index (κ2) is 6.85. The zero-order valence-electron chi connectivity index (χ0n) is 15.1. The molecule has 4 rings (SSSR count). The highest BCUT2D eigenvalue weighted by Gasteiger charge is 2.50. The third-order valence-electron chi connectivity index (χ3n) is 6.09. The quantitative estimate of drug-likeness (QED) is 0.759. The number of amides is 1. The summed E-state index contributed by atoms with van der Waals surface area (Å²) in [6.07, 6.45) is 4.20. The molecule has 1 aromatic carbocycles. The highest BCUT2D eigenvalue weighted by atomic mass is 16.3. The van der Waals surface area contributed by atoms with Crippen LogP contribution in [0.4, 0.5) is 0 Å². The number of aromatic nitrogens is 1. The number of aliphatic hydroxyl groups is 1. The number of fused-ring (bicyclic) bond motifs is 1. The van der Waals surface area contributed by atoms with Gasteiger partial charge in [-0.1, -0.05) is 43.2 Å². The summed E-state index contributed by atoms with van der Waals surface area (Å²) in [5, 5.41) is 21.2. The van der Waals surface area contributed by atoms with Gasteiger partial charge < -0.3 is 15.1 Å². The number of hydrogen-bond donors (Lipinski definition) is 3. The fourth-order valence-electron chi connectivity index (χ4n) is 4.84. The van der Waals surface area contributed by atoms with Gasteiger partial charge in [-0.3, -0.25) is 14.6 Å². The molecule has 142 valence electrons. The van der Waals surface area contributed by atoms with Crippen LogP contribution in [0.1, 0.15) is 48.0 Å². The third-order valence-corrected chi connectivity index (χ3v) is 6.09. The van der Waals surface area contributed by atoms with Gasteiger partial charge in [0.1, 0.15) is 0 Å². The Morgan fingerprint density at radius 2 is 1.89 bits per heavy atom. The molecule has 2 fully saturated rings. The van der Waals surface area contributed by atoms with Crippen LogP contribution in [0.3, 0.4) is 0 Å². The monoisotopic (exact) mass is 368 g/mol. The molecule has 27 heavy (non-hydrogen) atoms. The zero-order valence-corrected chi connectivity index (χ0v) is 15.1. The van der Waals surface area contributed by atoms with E-state index in [9.17, 15) is 19.8 Å². The van der Waals surface area contributed by atoms with Crippen LogP contribution >= 0.6 is 0 Å². The van der Waals surface area contributed by atoms with Crippen LogP contribution in [0.25, 0.3) is 0 Å². The maximum Gasteiger partial charge on any atom is 0.254 e. The van der Waals surface area contributed by atoms with Crippen molar-refractivity contribution >= 4 is 5.91 Å². The number of likely N-dealkylation sites (tertiary alicyclic amines) is 1. The van der Waals surface area contributed by atoms with E-state index in [-0.39, 0.29) is 29.3 Å². The van der Waals surface area contributed by atoms with Gasteiger partial charge in [0, 0.05) is 30.6 Å². The van der Waals surface area contributed by atoms with E-state index < -0.39 is 11.2 Å². The van der Waals surface area contributed by atoms with Crippen molar-refractivity contribution in [3.63, 3.8) is 0 Å². The van der Waals surface area contributed by atoms with Gasteiger partial charge in [-0.2, -0.15) is 0 Å². The first-order valence-corrected chi connectivity index (χ1v) is 9.51. The van der Waals surface area contributed by atoms with E-state index in [1.165, 1.54) is 12.1 Å². The summed E-state index contributed by atoms with van der Waals surface area (Å²) >= 11 is 0. The molecule has 2 heterocycles. The van der Waals surface area contributed by atoms with E-state index in [1.54, 1.807) is 4.90 Å². The maximum atomic E-state index is 13.1. The molecule has 6 nitrogen and oxygen atoms in total. The van der Waals surface area contributed by atoms with Crippen molar-refractivity contribution in [3.8, 4) is 5.88 Å². The first kappa shape index (κ1) is 17.8. The molecule has 0 radical (unpaired) electrons. The molecule has 0 spiro atoms. The Morgan fingerprint density at radius 1 is 1.15 bits per heavy atom. The fourth-order valence-corrected chi connectivity index (χ4v) is 4.84. The number of hydrogen-bond acceptors (Lipinski definition) is 4. The Hall–Kier alpha value is -2.60. The van der Waals surface area contributed by atoms with Crippen molar-refractivity contribution in [2.45, 2.75) is 43.7 Å². The normalized spacial score (nSPS) is 27.8. The standard InChI is InChI=1S/C21H24N2O4/c24-18-12-14(13-19(25)22-18)20(26)23-11-10-21(27,15-6-2-1-3-7-15)16-8-4-5-9-17(16)23/h1-3,6-7,12-13,16-17,27H,4-5,8-11H2,(H2,22,24,25). The van der Waals surface area contributed by atoms with E-state index in [4.69, 9.17) is 0 Å². The number of benzene rings is 1. The Kier molecular flexibility index (Phi) is 4.52. The lowest BCUT2D eigenvalue weighted by Crippen LogP contribution is -2.59. The average Bonchev–Trinajstić information content (AvgIpc) is 2.68. The number of carbonyl (C=O) groups excluding carboxylic acids is 1. The zero-order chi connectivity index (χ0) is 19.0. The van der Waals surface area contributed by atoms with Crippen LogP contribution < -0.4 is 5.56 Å². The first-order chi connectivity index (χ1) is 13.0. The predicted molar refractivity (Wildman–Crippen MR) is 100 cm³/mol. The van der Waals surface area contributed by atoms with Crippen molar-refractivity contribution in [2.75, 3.05) is 6.54 Å². The summed E-state index contributed by atoms with van der Waals surface area (Å²) in [4.78, 5) is 28.8. The van der Waals surface area contributed by atoms with Gasteiger partial charge in [-0.25, -0.2) is 0 Å². The van der Waals surface area contributed by atoms with E-state index in [0.717, 1.165) is 31.2 Å². The molecule has 3 N–H and O–H groups in total. The lowest BCUT2D eigenvalue weighted by molar-refractivity contribution is -0.110. The van der Waals surface area contributed by atoms with Crippen molar-refractivity contribution in [2.24, 2.45) is 5.92 Å². The minimum absolute atomic E-state index is 0.0399. The lowest BCUT2D eigenvalue weighted by atomic mass is 9.66. The number of nitrogens with one attached hydrogen (secondary N) is 1. The lowest BCUT2D eigenvalue weighted by Gasteiger charge is -2.52.